The molecule has 4 heteroatoms. The Kier molecular flexibility index (Phi) is 1.99. The molecule has 16 heavy (non-hydrogen) atoms. The number of nitrogens with two attached hydrogens (primary N) is 1. The van der Waals surface area contributed by atoms with Gasteiger partial charge in [0.1, 0.15) is 0 Å². The first-order valence-corrected chi connectivity index (χ1v) is 5.24. The van der Waals surface area contributed by atoms with Gasteiger partial charge in [-0.3, -0.25) is 9.98 Å². The predicted octanol–water partition coefficient (Wildman–Crippen LogP) is 1.19. The summed E-state index contributed by atoms with van der Waals surface area (Å²) in [4.78, 5) is 8.41. The van der Waals surface area contributed by atoms with Crippen LogP contribution in [0.1, 0.15) is 11.6 Å². The second kappa shape index (κ2) is 3.48. The van der Waals surface area contributed by atoms with E-state index in [1.165, 1.54) is 5.39 Å². The van der Waals surface area contributed by atoms with Gasteiger partial charge in [-0.2, -0.15) is 0 Å². The molecule has 0 spiro atoms. The average molecular weight is 212 g/mol. The SMILES string of the molecule is NC1=NCC(c2cncc3ccccc23)N1. The Morgan fingerprint density at radius 2 is 2.12 bits per heavy atom. The van der Waals surface area contributed by atoms with Crippen LogP contribution in [0.3, 0.4) is 0 Å². The first-order valence-electron chi connectivity index (χ1n) is 5.24. The van der Waals surface area contributed by atoms with Crippen LogP contribution in [0, 0.1) is 0 Å². The number of nitrogens with one attached hydrogen (secondary N) is 1. The minimum absolute atomic E-state index is 0.151. The molecule has 1 aromatic heterocycles. The minimum atomic E-state index is 0.151. The number of pyridine rings is 1. The number of hydrogen-bond acceptors (Lipinski definition) is 4. The fourth-order valence-corrected chi connectivity index (χ4v) is 2.05. The van der Waals surface area contributed by atoms with E-state index >= 15 is 0 Å². The van der Waals surface area contributed by atoms with Crippen molar-refractivity contribution in [2.45, 2.75) is 6.04 Å². The number of rotatable bonds is 1. The normalized spacial score (nSPS) is 19.5. The molecule has 0 fully saturated rings. The zero-order valence-electron chi connectivity index (χ0n) is 8.72. The third kappa shape index (κ3) is 1.39. The Morgan fingerprint density at radius 3 is 2.94 bits per heavy atom. The Morgan fingerprint density at radius 1 is 1.25 bits per heavy atom. The van der Waals surface area contributed by atoms with Gasteiger partial charge >= 0.3 is 0 Å². The summed E-state index contributed by atoms with van der Waals surface area (Å²) in [5, 5.41) is 5.50. The summed E-state index contributed by atoms with van der Waals surface area (Å²) < 4.78 is 0. The van der Waals surface area contributed by atoms with Gasteiger partial charge in [0.05, 0.1) is 12.6 Å². The lowest BCUT2D eigenvalue weighted by atomic mass is 10.0. The molecule has 0 radical (unpaired) electrons. The van der Waals surface area contributed by atoms with Crippen molar-refractivity contribution >= 4 is 16.7 Å². The molecule has 1 aliphatic rings. The zero-order valence-corrected chi connectivity index (χ0v) is 8.72. The van der Waals surface area contributed by atoms with Crippen LogP contribution in [0.5, 0.6) is 0 Å². The van der Waals surface area contributed by atoms with Crippen molar-refractivity contribution < 1.29 is 0 Å². The van der Waals surface area contributed by atoms with E-state index in [4.69, 9.17) is 5.73 Å². The predicted molar refractivity (Wildman–Crippen MR) is 64.1 cm³/mol. The molecule has 0 bridgehead atoms. The van der Waals surface area contributed by atoms with E-state index in [-0.39, 0.29) is 6.04 Å². The summed E-state index contributed by atoms with van der Waals surface area (Å²) in [7, 11) is 0. The zero-order chi connectivity index (χ0) is 11.0. The summed E-state index contributed by atoms with van der Waals surface area (Å²) in [6, 6.07) is 8.36. The molecular formula is C12H12N4. The molecule has 0 aliphatic carbocycles. The smallest absolute Gasteiger partial charge is 0.189 e. The van der Waals surface area contributed by atoms with Crippen molar-refractivity contribution in [3.8, 4) is 0 Å². The number of nitrogens with zero attached hydrogens (tertiary/aromatic N) is 2. The molecular weight excluding hydrogens is 200 g/mol. The lowest BCUT2D eigenvalue weighted by Crippen LogP contribution is -2.29. The van der Waals surface area contributed by atoms with Crippen molar-refractivity contribution in [3.63, 3.8) is 0 Å². The lowest BCUT2D eigenvalue weighted by Gasteiger charge is -2.13. The monoisotopic (exact) mass is 212 g/mol. The molecule has 4 nitrogen and oxygen atoms in total. The molecule has 0 amide bonds. The Bertz CT molecular complexity index is 556. The molecule has 1 atom stereocenters. The number of fused-ring (bicyclic) bond motifs is 1. The third-order valence-corrected chi connectivity index (χ3v) is 2.84. The van der Waals surface area contributed by atoms with Gasteiger partial charge < -0.3 is 11.1 Å². The van der Waals surface area contributed by atoms with Gasteiger partial charge in [-0.25, -0.2) is 0 Å². The van der Waals surface area contributed by atoms with Crippen LogP contribution >= 0.6 is 0 Å². The Balaban J connectivity index is 2.10. The number of benzene rings is 1. The summed E-state index contributed by atoms with van der Waals surface area (Å²) in [6.07, 6.45) is 3.76. The first-order chi connectivity index (χ1) is 7.84. The molecule has 0 saturated heterocycles. The fourth-order valence-electron chi connectivity index (χ4n) is 2.05. The molecule has 1 unspecified atom stereocenters. The first kappa shape index (κ1) is 9.15. The van der Waals surface area contributed by atoms with Crippen LogP contribution in [-0.2, 0) is 0 Å². The maximum atomic E-state index is 5.63. The standard InChI is InChI=1S/C12H12N4/c13-12-15-7-11(16-12)10-6-14-5-8-3-1-2-4-9(8)10/h1-6,11H,7H2,(H3,13,15,16). The van der Waals surface area contributed by atoms with Crippen molar-refractivity contribution in [3.05, 3.63) is 42.2 Å². The number of aliphatic imine (C=N–C) groups is 1. The van der Waals surface area contributed by atoms with Gasteiger partial charge in [0.15, 0.2) is 5.96 Å². The number of guanidine groups is 1. The summed E-state index contributed by atoms with van der Waals surface area (Å²) >= 11 is 0. The molecule has 1 aliphatic heterocycles. The highest BCUT2D eigenvalue weighted by Crippen LogP contribution is 2.24. The van der Waals surface area contributed by atoms with E-state index < -0.39 is 0 Å². The summed E-state index contributed by atoms with van der Waals surface area (Å²) in [6.45, 7) is 0.682. The molecule has 2 aromatic rings. The lowest BCUT2D eigenvalue weighted by molar-refractivity contribution is 0.710. The molecule has 2 heterocycles. The van der Waals surface area contributed by atoms with Crippen molar-refractivity contribution in [1.82, 2.24) is 10.3 Å². The largest absolute Gasteiger partial charge is 0.370 e. The van der Waals surface area contributed by atoms with Gasteiger partial charge in [0.25, 0.3) is 0 Å². The molecule has 3 rings (SSSR count). The van der Waals surface area contributed by atoms with Gasteiger partial charge in [-0.15, -0.1) is 0 Å². The van der Waals surface area contributed by atoms with Crippen LogP contribution in [0.2, 0.25) is 0 Å². The highest BCUT2D eigenvalue weighted by Gasteiger charge is 2.19. The van der Waals surface area contributed by atoms with Crippen LogP contribution in [0.15, 0.2) is 41.7 Å². The topological polar surface area (TPSA) is 63.3 Å². The second-order valence-electron chi connectivity index (χ2n) is 3.87. The van der Waals surface area contributed by atoms with Crippen LogP contribution < -0.4 is 11.1 Å². The van der Waals surface area contributed by atoms with Crippen LogP contribution in [0.4, 0.5) is 0 Å². The minimum Gasteiger partial charge on any atom is -0.370 e. The molecule has 0 saturated carbocycles. The van der Waals surface area contributed by atoms with E-state index in [9.17, 15) is 0 Å². The van der Waals surface area contributed by atoms with Gasteiger partial charge in [-0.05, 0) is 5.39 Å². The van der Waals surface area contributed by atoms with E-state index in [0.29, 0.717) is 12.5 Å². The average Bonchev–Trinajstić information content (AvgIpc) is 2.75. The maximum Gasteiger partial charge on any atom is 0.189 e. The van der Waals surface area contributed by atoms with E-state index in [0.717, 1.165) is 10.9 Å². The quantitative estimate of drug-likeness (QED) is 0.746. The summed E-state index contributed by atoms with van der Waals surface area (Å²) in [5.74, 6) is 0.512. The number of aromatic nitrogens is 1. The number of hydrogen-bond donors (Lipinski definition) is 2. The van der Waals surface area contributed by atoms with E-state index in [1.54, 1.807) is 0 Å². The van der Waals surface area contributed by atoms with Crippen LogP contribution in [-0.4, -0.2) is 17.5 Å². The Hall–Kier alpha value is -2.10. The second-order valence-corrected chi connectivity index (χ2v) is 3.87. The third-order valence-electron chi connectivity index (χ3n) is 2.84. The van der Waals surface area contributed by atoms with Gasteiger partial charge in [0, 0.05) is 23.3 Å². The maximum absolute atomic E-state index is 5.63. The van der Waals surface area contributed by atoms with Crippen molar-refractivity contribution in [2.75, 3.05) is 6.54 Å². The van der Waals surface area contributed by atoms with Crippen molar-refractivity contribution in [2.24, 2.45) is 10.7 Å². The fraction of sp³-hybridized carbons (Fsp3) is 0.167. The van der Waals surface area contributed by atoms with Crippen molar-refractivity contribution in [1.29, 1.82) is 0 Å². The molecule has 1 aromatic carbocycles. The summed E-state index contributed by atoms with van der Waals surface area (Å²) in [5.41, 5.74) is 6.78. The highest BCUT2D eigenvalue weighted by atomic mass is 15.2. The molecule has 80 valence electrons. The van der Waals surface area contributed by atoms with Crippen LogP contribution in [0.25, 0.3) is 10.8 Å². The molecule has 3 N–H and O–H groups in total. The van der Waals surface area contributed by atoms with Gasteiger partial charge in [-0.1, -0.05) is 24.3 Å². The van der Waals surface area contributed by atoms with Gasteiger partial charge in [0.2, 0.25) is 0 Å². The van der Waals surface area contributed by atoms with E-state index in [2.05, 4.69) is 27.4 Å². The Labute approximate surface area is 93.2 Å². The van der Waals surface area contributed by atoms with E-state index in [1.807, 2.05) is 24.5 Å². The highest BCUT2D eigenvalue weighted by molar-refractivity contribution is 5.87.